The Morgan fingerprint density at radius 2 is 1.96 bits per heavy atom. The molecule has 2 aromatic heterocycles. The van der Waals surface area contributed by atoms with Crippen LogP contribution >= 0.6 is 22.9 Å². The van der Waals surface area contributed by atoms with E-state index in [2.05, 4.69) is 4.98 Å². The average molecular weight is 396 g/mol. The highest BCUT2D eigenvalue weighted by molar-refractivity contribution is 7.18. The fourth-order valence-electron chi connectivity index (χ4n) is 3.78. The van der Waals surface area contributed by atoms with Crippen molar-refractivity contribution in [3.05, 3.63) is 64.3 Å². The molecule has 1 aliphatic rings. The molecule has 1 N–H and O–H groups in total. The normalized spacial score (nSPS) is 15.7. The quantitative estimate of drug-likeness (QED) is 0.490. The van der Waals surface area contributed by atoms with Crippen molar-refractivity contribution in [1.29, 1.82) is 0 Å². The number of rotatable bonds is 2. The Hall–Kier alpha value is -2.37. The predicted molar refractivity (Wildman–Crippen MR) is 111 cm³/mol. The Balaban J connectivity index is 1.30. The van der Waals surface area contributed by atoms with Gasteiger partial charge in [0.1, 0.15) is 5.69 Å². The zero-order chi connectivity index (χ0) is 18.4. The monoisotopic (exact) mass is 395 g/mol. The van der Waals surface area contributed by atoms with Gasteiger partial charge in [0.05, 0.1) is 15.2 Å². The highest BCUT2D eigenvalue weighted by Crippen LogP contribution is 2.35. The van der Waals surface area contributed by atoms with Crippen molar-refractivity contribution in [3.63, 3.8) is 0 Å². The van der Waals surface area contributed by atoms with Crippen LogP contribution in [0, 0.1) is 0 Å². The maximum Gasteiger partial charge on any atom is 0.270 e. The predicted octanol–water partition coefficient (Wildman–Crippen LogP) is 5.45. The Bertz CT molecular complexity index is 1110. The number of halogens is 1. The molecule has 4 aromatic rings. The highest BCUT2D eigenvalue weighted by atomic mass is 35.5. The molecular formula is C21H18ClN3OS. The minimum atomic E-state index is 0.0840. The van der Waals surface area contributed by atoms with E-state index in [0.29, 0.717) is 11.6 Å². The maximum absolute atomic E-state index is 12.9. The molecule has 1 aliphatic heterocycles. The SMILES string of the molecule is O=C(c1cc2ccccc2[nH]1)N1CCC(c2nc3cc(Cl)ccc3s2)CC1. The van der Waals surface area contributed by atoms with E-state index in [4.69, 9.17) is 16.6 Å². The van der Waals surface area contributed by atoms with Gasteiger partial charge in [0.25, 0.3) is 5.91 Å². The number of amides is 1. The Labute approximate surface area is 165 Å². The number of hydrogen-bond donors (Lipinski definition) is 1. The second kappa shape index (κ2) is 6.66. The van der Waals surface area contributed by atoms with E-state index in [1.807, 2.05) is 53.4 Å². The molecule has 0 spiro atoms. The Morgan fingerprint density at radius 1 is 1.15 bits per heavy atom. The summed E-state index contributed by atoms with van der Waals surface area (Å²) >= 11 is 7.81. The number of likely N-dealkylation sites (tertiary alicyclic amines) is 1. The molecule has 5 rings (SSSR count). The number of aromatic nitrogens is 2. The van der Waals surface area contributed by atoms with Gasteiger partial charge in [-0.1, -0.05) is 29.8 Å². The van der Waals surface area contributed by atoms with Crippen LogP contribution in [-0.4, -0.2) is 33.9 Å². The van der Waals surface area contributed by atoms with Gasteiger partial charge in [-0.3, -0.25) is 4.79 Å². The summed E-state index contributed by atoms with van der Waals surface area (Å²) in [5, 5.41) is 2.95. The number of carbonyl (C=O) groups excluding carboxylic acids is 1. The van der Waals surface area contributed by atoms with Crippen LogP contribution in [0.1, 0.15) is 34.3 Å². The molecule has 0 saturated carbocycles. The van der Waals surface area contributed by atoms with Gasteiger partial charge in [-0.05, 0) is 43.2 Å². The summed E-state index contributed by atoms with van der Waals surface area (Å²) in [6, 6.07) is 15.8. The second-order valence-corrected chi connectivity index (χ2v) is 8.50. The third kappa shape index (κ3) is 3.11. The summed E-state index contributed by atoms with van der Waals surface area (Å²) in [5.41, 5.74) is 2.65. The van der Waals surface area contributed by atoms with Crippen LogP contribution in [0.3, 0.4) is 0 Å². The van der Waals surface area contributed by atoms with Gasteiger partial charge in [0.2, 0.25) is 0 Å². The van der Waals surface area contributed by atoms with Crippen LogP contribution in [0.2, 0.25) is 5.02 Å². The first kappa shape index (κ1) is 16.8. The number of nitrogens with zero attached hydrogens (tertiary/aromatic N) is 2. The number of hydrogen-bond acceptors (Lipinski definition) is 3. The minimum absolute atomic E-state index is 0.0840. The van der Waals surface area contributed by atoms with Crippen molar-refractivity contribution < 1.29 is 4.79 Å². The van der Waals surface area contributed by atoms with E-state index in [1.165, 1.54) is 4.70 Å². The summed E-state index contributed by atoms with van der Waals surface area (Å²) in [6.45, 7) is 1.52. The molecule has 6 heteroatoms. The molecular weight excluding hydrogens is 378 g/mol. The van der Waals surface area contributed by atoms with Gasteiger partial charge in [0, 0.05) is 34.9 Å². The zero-order valence-electron chi connectivity index (χ0n) is 14.6. The van der Waals surface area contributed by atoms with Crippen LogP contribution in [0.5, 0.6) is 0 Å². The molecule has 0 aliphatic carbocycles. The minimum Gasteiger partial charge on any atom is -0.351 e. The van der Waals surface area contributed by atoms with Crippen LogP contribution in [0.4, 0.5) is 0 Å². The lowest BCUT2D eigenvalue weighted by molar-refractivity contribution is 0.0708. The van der Waals surface area contributed by atoms with E-state index in [-0.39, 0.29) is 5.91 Å². The van der Waals surface area contributed by atoms with E-state index in [9.17, 15) is 4.79 Å². The summed E-state index contributed by atoms with van der Waals surface area (Å²) in [5.74, 6) is 0.494. The van der Waals surface area contributed by atoms with Crippen LogP contribution < -0.4 is 0 Å². The van der Waals surface area contributed by atoms with Crippen LogP contribution in [0.25, 0.3) is 21.1 Å². The molecule has 3 heterocycles. The Morgan fingerprint density at radius 3 is 2.78 bits per heavy atom. The summed E-state index contributed by atoms with van der Waals surface area (Å²) in [7, 11) is 0. The summed E-state index contributed by atoms with van der Waals surface area (Å²) < 4.78 is 1.17. The second-order valence-electron chi connectivity index (χ2n) is 7.00. The van der Waals surface area contributed by atoms with Crippen molar-refractivity contribution in [1.82, 2.24) is 14.9 Å². The molecule has 0 radical (unpaired) electrons. The molecule has 0 unspecified atom stereocenters. The number of nitrogens with one attached hydrogen (secondary N) is 1. The Kier molecular flexibility index (Phi) is 4.14. The molecule has 27 heavy (non-hydrogen) atoms. The average Bonchev–Trinajstić information content (AvgIpc) is 3.31. The lowest BCUT2D eigenvalue weighted by Crippen LogP contribution is -2.38. The zero-order valence-corrected chi connectivity index (χ0v) is 16.2. The van der Waals surface area contributed by atoms with Crippen LogP contribution in [-0.2, 0) is 0 Å². The number of carbonyl (C=O) groups is 1. The number of H-pyrrole nitrogens is 1. The largest absolute Gasteiger partial charge is 0.351 e. The van der Waals surface area contributed by atoms with Crippen molar-refractivity contribution in [2.45, 2.75) is 18.8 Å². The topological polar surface area (TPSA) is 49.0 Å². The van der Waals surface area contributed by atoms with Gasteiger partial charge in [-0.15, -0.1) is 11.3 Å². The number of aromatic amines is 1. The molecule has 1 amide bonds. The van der Waals surface area contributed by atoms with Crippen molar-refractivity contribution in [3.8, 4) is 0 Å². The molecule has 0 bridgehead atoms. The molecule has 4 nitrogen and oxygen atoms in total. The molecule has 2 aromatic carbocycles. The molecule has 1 saturated heterocycles. The number of piperidine rings is 1. The van der Waals surface area contributed by atoms with Crippen molar-refractivity contribution in [2.75, 3.05) is 13.1 Å². The van der Waals surface area contributed by atoms with Gasteiger partial charge in [0.15, 0.2) is 0 Å². The van der Waals surface area contributed by atoms with E-state index in [0.717, 1.165) is 52.4 Å². The smallest absolute Gasteiger partial charge is 0.270 e. The van der Waals surface area contributed by atoms with E-state index >= 15 is 0 Å². The van der Waals surface area contributed by atoms with Crippen molar-refractivity contribution in [2.24, 2.45) is 0 Å². The number of fused-ring (bicyclic) bond motifs is 2. The number of para-hydroxylation sites is 1. The van der Waals surface area contributed by atoms with Gasteiger partial charge >= 0.3 is 0 Å². The number of benzene rings is 2. The first-order chi connectivity index (χ1) is 13.2. The maximum atomic E-state index is 12.9. The summed E-state index contributed by atoms with van der Waals surface area (Å²) in [4.78, 5) is 22.8. The van der Waals surface area contributed by atoms with Gasteiger partial charge in [-0.2, -0.15) is 0 Å². The standard InChI is InChI=1S/C21H18ClN3OS/c22-15-5-6-19-17(12-15)24-20(27-19)13-7-9-25(10-8-13)21(26)18-11-14-3-1-2-4-16(14)23-18/h1-6,11-13,23H,7-10H2. The third-order valence-corrected chi connectivity index (χ3v) is 6.69. The van der Waals surface area contributed by atoms with Gasteiger partial charge < -0.3 is 9.88 Å². The highest BCUT2D eigenvalue weighted by Gasteiger charge is 2.27. The lowest BCUT2D eigenvalue weighted by atomic mass is 9.97. The van der Waals surface area contributed by atoms with Crippen LogP contribution in [0.15, 0.2) is 48.5 Å². The molecule has 136 valence electrons. The van der Waals surface area contributed by atoms with E-state index < -0.39 is 0 Å². The number of thiazole rings is 1. The lowest BCUT2D eigenvalue weighted by Gasteiger charge is -2.30. The molecule has 0 atom stereocenters. The summed E-state index contributed by atoms with van der Waals surface area (Å²) in [6.07, 6.45) is 1.89. The van der Waals surface area contributed by atoms with Gasteiger partial charge in [-0.25, -0.2) is 4.98 Å². The fraction of sp³-hybridized carbons (Fsp3) is 0.238. The van der Waals surface area contributed by atoms with E-state index in [1.54, 1.807) is 11.3 Å². The molecule has 1 fully saturated rings. The first-order valence-corrected chi connectivity index (χ1v) is 10.3. The third-order valence-electron chi connectivity index (χ3n) is 5.26. The fourth-order valence-corrected chi connectivity index (χ4v) is 5.06. The van der Waals surface area contributed by atoms with Crippen molar-refractivity contribution >= 4 is 50.0 Å². The first-order valence-electron chi connectivity index (χ1n) is 9.10.